The average molecular weight is 424 g/mol. The highest BCUT2D eigenvalue weighted by atomic mass is 31.1. The fourth-order valence-corrected chi connectivity index (χ4v) is 5.18. The van der Waals surface area contributed by atoms with Crippen LogP contribution in [0.5, 0.6) is 0 Å². The Balaban J connectivity index is 2.10. The summed E-state index contributed by atoms with van der Waals surface area (Å²) in [5.74, 6) is 0.894. The summed E-state index contributed by atoms with van der Waals surface area (Å²) >= 11 is 0. The van der Waals surface area contributed by atoms with E-state index in [1.165, 1.54) is 12.1 Å². The van der Waals surface area contributed by atoms with Crippen LogP contribution in [0.15, 0.2) is 30.5 Å². The predicted molar refractivity (Wildman–Crippen MR) is 114 cm³/mol. The summed E-state index contributed by atoms with van der Waals surface area (Å²) < 4.78 is 41.5. The van der Waals surface area contributed by atoms with Crippen LogP contribution < -0.4 is 10.6 Å². The van der Waals surface area contributed by atoms with Crippen molar-refractivity contribution < 1.29 is 13.2 Å². The van der Waals surface area contributed by atoms with Crippen LogP contribution in [0, 0.1) is 0 Å². The largest absolute Gasteiger partial charge is 0.418 e. The first kappa shape index (κ1) is 21.8. The van der Waals surface area contributed by atoms with Gasteiger partial charge >= 0.3 is 6.18 Å². The van der Waals surface area contributed by atoms with E-state index in [1.807, 2.05) is 6.66 Å². The molecule has 1 saturated heterocycles. The minimum atomic E-state index is -4.47. The van der Waals surface area contributed by atoms with Gasteiger partial charge in [-0.3, -0.25) is 0 Å². The second-order valence-corrected chi connectivity index (χ2v) is 8.59. The van der Waals surface area contributed by atoms with E-state index in [0.29, 0.717) is 17.4 Å². The van der Waals surface area contributed by atoms with Gasteiger partial charge in [0.2, 0.25) is 0 Å². The van der Waals surface area contributed by atoms with E-state index in [9.17, 15) is 13.2 Å². The van der Waals surface area contributed by atoms with Gasteiger partial charge in [-0.05, 0) is 50.5 Å². The van der Waals surface area contributed by atoms with Crippen molar-refractivity contribution in [3.8, 4) is 0 Å². The number of alkyl halides is 3. The number of hydrogen-bond acceptors (Lipinski definition) is 4. The van der Waals surface area contributed by atoms with E-state index in [2.05, 4.69) is 21.8 Å². The third-order valence-electron chi connectivity index (χ3n) is 5.50. The van der Waals surface area contributed by atoms with Crippen LogP contribution >= 0.6 is 8.58 Å². The molecule has 3 atom stereocenters. The van der Waals surface area contributed by atoms with E-state index >= 15 is 0 Å². The first-order valence-corrected chi connectivity index (χ1v) is 11.7. The van der Waals surface area contributed by atoms with Crippen LogP contribution in [0.3, 0.4) is 0 Å². The van der Waals surface area contributed by atoms with Crippen molar-refractivity contribution in [3.05, 3.63) is 47.3 Å². The molecular formula is C21H28F3N4P. The molecule has 0 aromatic carbocycles. The maximum Gasteiger partial charge on any atom is 0.418 e. The van der Waals surface area contributed by atoms with Crippen molar-refractivity contribution in [2.24, 2.45) is 0 Å². The number of pyridine rings is 2. The third kappa shape index (κ3) is 4.82. The van der Waals surface area contributed by atoms with Crippen LogP contribution in [0.4, 0.5) is 24.8 Å². The van der Waals surface area contributed by atoms with Crippen molar-refractivity contribution in [2.75, 3.05) is 23.8 Å². The summed E-state index contributed by atoms with van der Waals surface area (Å²) in [4.78, 5) is 10.9. The average Bonchev–Trinajstić information content (AvgIpc) is 2.70. The molecule has 0 radical (unpaired) electrons. The number of halogens is 3. The monoisotopic (exact) mass is 424 g/mol. The Labute approximate surface area is 171 Å². The van der Waals surface area contributed by atoms with Crippen LogP contribution in [-0.4, -0.2) is 29.2 Å². The molecule has 3 heterocycles. The topological polar surface area (TPSA) is 55.0 Å². The Morgan fingerprint density at radius 3 is 2.72 bits per heavy atom. The fraction of sp³-hybridized carbons (Fsp3) is 0.524. The number of nitrogen functional groups attached to an aromatic ring is 1. The van der Waals surface area contributed by atoms with Gasteiger partial charge in [-0.1, -0.05) is 19.4 Å². The quantitative estimate of drug-likeness (QED) is 0.611. The molecule has 4 nitrogen and oxygen atoms in total. The summed E-state index contributed by atoms with van der Waals surface area (Å²) in [5, 5.41) is 0. The number of rotatable bonds is 6. The Morgan fingerprint density at radius 1 is 1.28 bits per heavy atom. The smallest absolute Gasteiger partial charge is 0.383 e. The lowest BCUT2D eigenvalue weighted by molar-refractivity contribution is -0.138. The van der Waals surface area contributed by atoms with Gasteiger partial charge in [-0.2, -0.15) is 13.2 Å². The molecule has 0 bridgehead atoms. The van der Waals surface area contributed by atoms with E-state index < -0.39 is 17.4 Å². The zero-order valence-corrected chi connectivity index (χ0v) is 17.8. The van der Waals surface area contributed by atoms with Crippen LogP contribution in [0.25, 0.3) is 0 Å². The van der Waals surface area contributed by atoms with E-state index in [0.717, 1.165) is 38.6 Å². The molecule has 158 valence electrons. The second kappa shape index (κ2) is 9.29. The standard InChI is InChI=1S/C21H28F3N4P/c1-3-7-14-8-4-5-13-28(14)17-11-10-16(21(22,23)24)18(27-17)19(29-2)15-9-6-12-26-20(15)25/h6,9-12,14,19,29H,3-5,7-8,13H2,1-2H3,(H2,25,26). The molecule has 2 aromatic heterocycles. The Kier molecular flexibility index (Phi) is 6.99. The molecule has 0 saturated carbocycles. The number of hydrogen-bond donors (Lipinski definition) is 1. The highest BCUT2D eigenvalue weighted by Gasteiger charge is 2.37. The fourth-order valence-electron chi connectivity index (χ4n) is 4.13. The molecule has 2 aromatic rings. The lowest BCUT2D eigenvalue weighted by Gasteiger charge is -2.37. The summed E-state index contributed by atoms with van der Waals surface area (Å²) in [6, 6.07) is 6.51. The molecule has 3 unspecified atom stereocenters. The van der Waals surface area contributed by atoms with Gasteiger partial charge in [-0.25, -0.2) is 9.97 Å². The van der Waals surface area contributed by atoms with Crippen molar-refractivity contribution in [2.45, 2.75) is 56.9 Å². The van der Waals surface area contributed by atoms with E-state index in [4.69, 9.17) is 5.73 Å². The number of nitrogens with zero attached hydrogens (tertiary/aromatic N) is 3. The Morgan fingerprint density at radius 2 is 2.07 bits per heavy atom. The van der Waals surface area contributed by atoms with Crippen LogP contribution in [0.2, 0.25) is 0 Å². The maximum atomic E-state index is 13.8. The van der Waals surface area contributed by atoms with Gasteiger partial charge in [0.05, 0.1) is 11.3 Å². The summed E-state index contributed by atoms with van der Waals surface area (Å²) in [6.45, 7) is 4.85. The van der Waals surface area contributed by atoms with Gasteiger partial charge in [0, 0.05) is 30.0 Å². The molecule has 2 N–H and O–H groups in total. The molecule has 0 aliphatic carbocycles. The number of piperidine rings is 1. The highest BCUT2D eigenvalue weighted by Crippen LogP contribution is 2.45. The molecule has 29 heavy (non-hydrogen) atoms. The minimum Gasteiger partial charge on any atom is -0.383 e. The van der Waals surface area contributed by atoms with Gasteiger partial charge in [0.15, 0.2) is 0 Å². The molecule has 3 rings (SSSR count). The Bertz CT molecular complexity index is 826. The van der Waals surface area contributed by atoms with Crippen LogP contribution in [0.1, 0.15) is 61.5 Å². The maximum absolute atomic E-state index is 13.8. The second-order valence-electron chi connectivity index (χ2n) is 7.43. The van der Waals surface area contributed by atoms with Crippen molar-refractivity contribution in [1.29, 1.82) is 0 Å². The van der Waals surface area contributed by atoms with Gasteiger partial charge in [0.1, 0.15) is 11.6 Å². The molecule has 8 heteroatoms. The number of anilines is 2. The SMILES string of the molecule is CCCC1CCCCN1c1ccc(C(F)(F)F)c(C(PC)c2cccnc2N)n1. The summed E-state index contributed by atoms with van der Waals surface area (Å²) in [7, 11) is 0.174. The minimum absolute atomic E-state index is 0.0522. The van der Waals surface area contributed by atoms with Crippen LogP contribution in [-0.2, 0) is 6.18 Å². The predicted octanol–water partition coefficient (Wildman–Crippen LogP) is 5.63. The molecule has 1 aliphatic rings. The lowest BCUT2D eigenvalue weighted by atomic mass is 9.98. The van der Waals surface area contributed by atoms with E-state index in [1.54, 1.807) is 18.3 Å². The van der Waals surface area contributed by atoms with E-state index in [-0.39, 0.29) is 20.1 Å². The number of nitrogens with two attached hydrogens (primary N) is 1. The first-order valence-electron chi connectivity index (χ1n) is 10.1. The summed E-state index contributed by atoms with van der Waals surface area (Å²) in [6.07, 6.45) is 2.38. The zero-order chi connectivity index (χ0) is 21.0. The molecule has 0 amide bonds. The molecule has 1 fully saturated rings. The normalized spacial score (nSPS) is 19.1. The molecular weight excluding hydrogens is 396 g/mol. The van der Waals surface area contributed by atoms with Crippen molar-refractivity contribution in [3.63, 3.8) is 0 Å². The first-order chi connectivity index (χ1) is 13.9. The van der Waals surface area contributed by atoms with Crippen molar-refractivity contribution >= 4 is 20.2 Å². The summed E-state index contributed by atoms with van der Waals surface area (Å²) in [5.41, 5.74) is 5.45. The lowest BCUT2D eigenvalue weighted by Crippen LogP contribution is -2.40. The molecule has 1 aliphatic heterocycles. The zero-order valence-electron chi connectivity index (χ0n) is 16.8. The van der Waals surface area contributed by atoms with Crippen molar-refractivity contribution in [1.82, 2.24) is 9.97 Å². The van der Waals surface area contributed by atoms with Gasteiger partial charge < -0.3 is 10.6 Å². The third-order valence-corrected chi connectivity index (χ3v) is 6.66. The van der Waals surface area contributed by atoms with Gasteiger partial charge in [0.25, 0.3) is 0 Å². The molecule has 0 spiro atoms. The number of aromatic nitrogens is 2. The van der Waals surface area contributed by atoms with Gasteiger partial charge in [-0.15, -0.1) is 8.58 Å². The highest BCUT2D eigenvalue weighted by molar-refractivity contribution is 7.37. The Hall–Kier alpha value is -1.88.